The summed E-state index contributed by atoms with van der Waals surface area (Å²) in [5.74, 6) is 0.501. The number of ether oxygens (including phenoxy) is 11. The Morgan fingerprint density at radius 2 is 0.444 bits per heavy atom. The molecule has 0 saturated heterocycles. The summed E-state index contributed by atoms with van der Waals surface area (Å²) < 4.78 is 59.1. The molecule has 0 aromatic heterocycles. The van der Waals surface area contributed by atoms with E-state index in [1.54, 1.807) is 0 Å². The fourth-order valence-corrected chi connectivity index (χ4v) is 2.51. The summed E-state index contributed by atoms with van der Waals surface area (Å²) in [6, 6.07) is 0. The van der Waals surface area contributed by atoms with Crippen LogP contribution in [-0.4, -0.2) is 151 Å². The van der Waals surface area contributed by atoms with Gasteiger partial charge in [-0.05, 0) is 6.92 Å². The molecule has 0 radical (unpaired) electrons. The lowest BCUT2D eigenvalue weighted by Gasteiger charge is -2.09. The Labute approximate surface area is 222 Å². The van der Waals surface area contributed by atoms with Crippen LogP contribution in [0.25, 0.3) is 0 Å². The number of hydrogen-bond acceptors (Lipinski definition) is 11. The summed E-state index contributed by atoms with van der Waals surface area (Å²) in [5, 5.41) is 0. The van der Waals surface area contributed by atoms with Crippen molar-refractivity contribution < 1.29 is 52.1 Å². The normalized spacial score (nSPS) is 11.5. The molecule has 0 rings (SSSR count). The lowest BCUT2D eigenvalue weighted by molar-refractivity contribution is -0.0272. The molecule has 0 aliphatic heterocycles. The van der Waals surface area contributed by atoms with Crippen molar-refractivity contribution in [1.82, 2.24) is 0 Å². The Balaban J connectivity index is 3.00. The molecule has 0 fully saturated rings. The van der Waals surface area contributed by atoms with Crippen LogP contribution in [0.1, 0.15) is 6.92 Å². The predicted octanol–water partition coefficient (Wildman–Crippen LogP) is 1.43. The van der Waals surface area contributed by atoms with Crippen LogP contribution >= 0.6 is 11.6 Å². The van der Waals surface area contributed by atoms with Crippen LogP contribution in [0.2, 0.25) is 0 Å². The number of halogens is 1. The van der Waals surface area contributed by atoms with Gasteiger partial charge in [0.05, 0.1) is 139 Å². The molecule has 11 nitrogen and oxygen atoms in total. The second kappa shape index (κ2) is 34.9. The lowest BCUT2D eigenvalue weighted by atomic mass is 10.6. The monoisotopic (exact) mass is 548 g/mol. The topological polar surface area (TPSA) is 102 Å². The predicted molar refractivity (Wildman–Crippen MR) is 135 cm³/mol. The summed E-state index contributed by atoms with van der Waals surface area (Å²) in [4.78, 5) is 0. The Morgan fingerprint density at radius 3 is 0.611 bits per heavy atom. The van der Waals surface area contributed by atoms with Crippen LogP contribution in [0, 0.1) is 0 Å². The SMILES string of the molecule is CCOCCOCCOCCOCCOCCOCCOCCOCCOCCOCCOCCCl. The second-order valence-electron chi connectivity index (χ2n) is 7.01. The third-order valence-electron chi connectivity index (χ3n) is 4.15. The molecule has 0 spiro atoms. The Hall–Kier alpha value is -0.150. The van der Waals surface area contributed by atoms with Gasteiger partial charge in [-0.2, -0.15) is 0 Å². The van der Waals surface area contributed by atoms with E-state index in [4.69, 9.17) is 63.7 Å². The third-order valence-corrected chi connectivity index (χ3v) is 4.30. The Morgan fingerprint density at radius 1 is 0.278 bits per heavy atom. The van der Waals surface area contributed by atoms with Crippen molar-refractivity contribution in [2.24, 2.45) is 0 Å². The molecule has 36 heavy (non-hydrogen) atoms. The van der Waals surface area contributed by atoms with E-state index in [2.05, 4.69) is 0 Å². The second-order valence-corrected chi connectivity index (χ2v) is 7.39. The van der Waals surface area contributed by atoms with Crippen LogP contribution in [-0.2, 0) is 52.1 Å². The highest BCUT2D eigenvalue weighted by Crippen LogP contribution is 1.87. The molecule has 0 unspecified atom stereocenters. The van der Waals surface area contributed by atoms with Gasteiger partial charge >= 0.3 is 0 Å². The number of rotatable bonds is 33. The molecule has 0 heterocycles. The van der Waals surface area contributed by atoms with Gasteiger partial charge in [-0.25, -0.2) is 0 Å². The number of hydrogen-bond donors (Lipinski definition) is 0. The highest BCUT2D eigenvalue weighted by Gasteiger charge is 1.96. The van der Waals surface area contributed by atoms with Gasteiger partial charge in [0.15, 0.2) is 0 Å². The van der Waals surface area contributed by atoms with E-state index in [1.165, 1.54) is 0 Å². The zero-order valence-electron chi connectivity index (χ0n) is 22.1. The van der Waals surface area contributed by atoms with Gasteiger partial charge < -0.3 is 52.1 Å². The zero-order valence-corrected chi connectivity index (χ0v) is 22.9. The molecular formula is C24H49ClO11. The average Bonchev–Trinajstić information content (AvgIpc) is 2.89. The van der Waals surface area contributed by atoms with E-state index < -0.39 is 0 Å². The van der Waals surface area contributed by atoms with E-state index in [1.807, 2.05) is 6.92 Å². The summed E-state index contributed by atoms with van der Waals surface area (Å²) in [6.07, 6.45) is 0. The molecule has 0 aliphatic rings. The largest absolute Gasteiger partial charge is 0.379 e. The molecule has 0 atom stereocenters. The van der Waals surface area contributed by atoms with Crippen LogP contribution in [0.15, 0.2) is 0 Å². The average molecular weight is 549 g/mol. The van der Waals surface area contributed by atoms with Crippen molar-refractivity contribution in [2.45, 2.75) is 6.92 Å². The van der Waals surface area contributed by atoms with Crippen LogP contribution < -0.4 is 0 Å². The van der Waals surface area contributed by atoms with Crippen molar-refractivity contribution in [3.63, 3.8) is 0 Å². The first kappa shape index (κ1) is 35.9. The molecule has 0 bridgehead atoms. The Bertz CT molecular complexity index is 350. The van der Waals surface area contributed by atoms with Gasteiger partial charge in [0.2, 0.25) is 0 Å². The minimum atomic E-state index is 0.501. The zero-order chi connectivity index (χ0) is 26.0. The fourth-order valence-electron chi connectivity index (χ4n) is 2.40. The maximum absolute atomic E-state index is 5.50. The minimum absolute atomic E-state index is 0.501. The molecular weight excluding hydrogens is 500 g/mol. The van der Waals surface area contributed by atoms with Gasteiger partial charge in [-0.3, -0.25) is 0 Å². The van der Waals surface area contributed by atoms with E-state index in [0.717, 1.165) is 0 Å². The highest BCUT2D eigenvalue weighted by atomic mass is 35.5. The van der Waals surface area contributed by atoms with E-state index in [9.17, 15) is 0 Å². The van der Waals surface area contributed by atoms with Crippen molar-refractivity contribution >= 4 is 11.6 Å². The molecule has 0 saturated carbocycles. The molecule has 0 aliphatic carbocycles. The van der Waals surface area contributed by atoms with Crippen molar-refractivity contribution in [1.29, 1.82) is 0 Å². The van der Waals surface area contributed by atoms with Crippen molar-refractivity contribution in [2.75, 3.05) is 151 Å². The van der Waals surface area contributed by atoms with Crippen LogP contribution in [0.5, 0.6) is 0 Å². The maximum Gasteiger partial charge on any atom is 0.0701 e. The van der Waals surface area contributed by atoms with Gasteiger partial charge in [0, 0.05) is 12.5 Å². The third kappa shape index (κ3) is 33.8. The first-order valence-electron chi connectivity index (χ1n) is 12.8. The molecule has 0 aromatic carbocycles. The highest BCUT2D eigenvalue weighted by molar-refractivity contribution is 6.17. The van der Waals surface area contributed by atoms with E-state index in [0.29, 0.717) is 151 Å². The number of alkyl halides is 1. The minimum Gasteiger partial charge on any atom is -0.379 e. The lowest BCUT2D eigenvalue weighted by Crippen LogP contribution is -2.15. The molecule has 12 heteroatoms. The Kier molecular flexibility index (Phi) is 34.7. The quantitative estimate of drug-likeness (QED) is 0.0879. The van der Waals surface area contributed by atoms with Crippen molar-refractivity contribution in [3.8, 4) is 0 Å². The summed E-state index contributed by atoms with van der Waals surface area (Å²) in [6.45, 7) is 14.0. The summed E-state index contributed by atoms with van der Waals surface area (Å²) in [7, 11) is 0. The standard InChI is InChI=1S/C24H49ClO11/c1-2-26-5-6-28-9-10-30-13-14-32-17-18-34-21-22-36-24-23-35-20-19-33-16-15-31-12-11-29-8-7-27-4-3-25/h2-24H2,1H3. The molecule has 0 aromatic rings. The van der Waals surface area contributed by atoms with Gasteiger partial charge in [-0.15, -0.1) is 11.6 Å². The van der Waals surface area contributed by atoms with E-state index in [-0.39, 0.29) is 0 Å². The molecule has 0 amide bonds. The summed E-state index contributed by atoms with van der Waals surface area (Å²) >= 11 is 5.50. The molecule has 0 N–H and O–H groups in total. The van der Waals surface area contributed by atoms with Crippen molar-refractivity contribution in [3.05, 3.63) is 0 Å². The maximum atomic E-state index is 5.50. The smallest absolute Gasteiger partial charge is 0.0701 e. The fraction of sp³-hybridized carbons (Fsp3) is 1.00. The van der Waals surface area contributed by atoms with Gasteiger partial charge in [0.1, 0.15) is 0 Å². The van der Waals surface area contributed by atoms with E-state index >= 15 is 0 Å². The van der Waals surface area contributed by atoms with Gasteiger partial charge in [-0.1, -0.05) is 0 Å². The molecule has 218 valence electrons. The van der Waals surface area contributed by atoms with Crippen LogP contribution in [0.3, 0.4) is 0 Å². The first-order valence-corrected chi connectivity index (χ1v) is 13.4. The van der Waals surface area contributed by atoms with Crippen LogP contribution in [0.4, 0.5) is 0 Å². The summed E-state index contributed by atoms with van der Waals surface area (Å²) in [5.41, 5.74) is 0. The van der Waals surface area contributed by atoms with Gasteiger partial charge in [0.25, 0.3) is 0 Å². The first-order chi connectivity index (χ1) is 17.9.